The number of nitrogens with zero attached hydrogens (tertiary/aromatic N) is 2. The molecule has 1 heterocycles. The Hall–Kier alpha value is -2.82. The molecule has 0 saturated carbocycles. The molecular weight excluding hydrogens is 362 g/mol. The van der Waals surface area contributed by atoms with Gasteiger partial charge in [0.25, 0.3) is 0 Å². The lowest BCUT2D eigenvalue weighted by atomic mass is 10.00. The highest BCUT2D eigenvalue weighted by molar-refractivity contribution is 5.90. The number of benzene rings is 2. The molecule has 0 radical (unpaired) electrons. The number of anilines is 1. The van der Waals surface area contributed by atoms with Crippen LogP contribution in [-0.2, 0) is 17.8 Å². The van der Waals surface area contributed by atoms with Crippen LogP contribution < -0.4 is 5.32 Å². The number of hydrogen-bond donors (Lipinski definition) is 1. The lowest BCUT2D eigenvalue weighted by Gasteiger charge is -2.30. The van der Waals surface area contributed by atoms with Crippen LogP contribution >= 0.6 is 0 Å². The second kappa shape index (κ2) is 9.59. The Balaban J connectivity index is 1.59. The highest BCUT2D eigenvalue weighted by Crippen LogP contribution is 2.19. The van der Waals surface area contributed by atoms with Gasteiger partial charge in [-0.25, -0.2) is 4.79 Å². The lowest BCUT2D eigenvalue weighted by molar-refractivity contribution is -0.132. The van der Waals surface area contributed by atoms with Crippen molar-refractivity contribution in [3.05, 3.63) is 65.2 Å². The van der Waals surface area contributed by atoms with Crippen LogP contribution in [-0.4, -0.2) is 41.4 Å². The van der Waals surface area contributed by atoms with Gasteiger partial charge < -0.3 is 15.1 Å². The van der Waals surface area contributed by atoms with Gasteiger partial charge in [0, 0.05) is 38.3 Å². The SMILES string of the molecule is Cc1ccccc1NC(=O)N(CCC(=O)N1CCc2ccccc2C1)CC(C)C. The summed E-state index contributed by atoms with van der Waals surface area (Å²) in [5.74, 6) is 0.437. The molecule has 1 N–H and O–H groups in total. The van der Waals surface area contributed by atoms with E-state index in [1.807, 2.05) is 48.2 Å². The summed E-state index contributed by atoms with van der Waals surface area (Å²) in [4.78, 5) is 29.3. The summed E-state index contributed by atoms with van der Waals surface area (Å²) in [5, 5.41) is 2.99. The fourth-order valence-electron chi connectivity index (χ4n) is 3.72. The van der Waals surface area contributed by atoms with Gasteiger partial charge in [-0.2, -0.15) is 0 Å². The quantitative estimate of drug-likeness (QED) is 0.788. The number of amides is 3. The van der Waals surface area contributed by atoms with Crippen LogP contribution in [0.1, 0.15) is 37.0 Å². The van der Waals surface area contributed by atoms with Gasteiger partial charge in [0.2, 0.25) is 5.91 Å². The van der Waals surface area contributed by atoms with Crippen LogP contribution in [0.2, 0.25) is 0 Å². The fourth-order valence-corrected chi connectivity index (χ4v) is 3.72. The Labute approximate surface area is 173 Å². The van der Waals surface area contributed by atoms with Gasteiger partial charge >= 0.3 is 6.03 Å². The molecule has 0 fully saturated rings. The van der Waals surface area contributed by atoms with E-state index >= 15 is 0 Å². The molecule has 154 valence electrons. The summed E-state index contributed by atoms with van der Waals surface area (Å²) >= 11 is 0. The van der Waals surface area contributed by atoms with E-state index in [-0.39, 0.29) is 11.9 Å². The molecule has 3 amide bonds. The maximum Gasteiger partial charge on any atom is 0.321 e. The first kappa shape index (κ1) is 20.9. The number of carbonyl (C=O) groups excluding carboxylic acids is 2. The number of carbonyl (C=O) groups is 2. The number of urea groups is 1. The van der Waals surface area contributed by atoms with Crippen LogP contribution in [0.5, 0.6) is 0 Å². The van der Waals surface area contributed by atoms with Gasteiger partial charge in [-0.3, -0.25) is 4.79 Å². The second-order valence-corrected chi connectivity index (χ2v) is 8.17. The maximum atomic E-state index is 12.8. The highest BCUT2D eigenvalue weighted by Gasteiger charge is 2.22. The van der Waals surface area contributed by atoms with Crippen LogP contribution in [0.3, 0.4) is 0 Å². The van der Waals surface area contributed by atoms with Gasteiger partial charge in [0.15, 0.2) is 0 Å². The van der Waals surface area contributed by atoms with E-state index in [0.29, 0.717) is 32.0 Å². The number of aryl methyl sites for hydroxylation is 1. The Kier molecular flexibility index (Phi) is 6.91. The average molecular weight is 394 g/mol. The largest absolute Gasteiger partial charge is 0.338 e. The molecule has 2 aromatic carbocycles. The van der Waals surface area contributed by atoms with Crippen molar-refractivity contribution in [1.82, 2.24) is 9.80 Å². The third-order valence-corrected chi connectivity index (χ3v) is 5.34. The van der Waals surface area contributed by atoms with Gasteiger partial charge in [-0.1, -0.05) is 56.3 Å². The zero-order valence-corrected chi connectivity index (χ0v) is 17.6. The van der Waals surface area contributed by atoms with E-state index in [2.05, 4.69) is 31.3 Å². The van der Waals surface area contributed by atoms with E-state index < -0.39 is 0 Å². The van der Waals surface area contributed by atoms with Crippen LogP contribution in [0.25, 0.3) is 0 Å². The normalized spacial score (nSPS) is 13.2. The third-order valence-electron chi connectivity index (χ3n) is 5.34. The molecule has 5 nitrogen and oxygen atoms in total. The summed E-state index contributed by atoms with van der Waals surface area (Å²) < 4.78 is 0. The smallest absolute Gasteiger partial charge is 0.321 e. The van der Waals surface area contributed by atoms with Crippen molar-refractivity contribution in [2.24, 2.45) is 5.92 Å². The first-order valence-electron chi connectivity index (χ1n) is 10.4. The molecule has 2 aromatic rings. The van der Waals surface area contributed by atoms with Crippen LogP contribution in [0, 0.1) is 12.8 Å². The molecule has 29 heavy (non-hydrogen) atoms. The van der Waals surface area contributed by atoms with E-state index in [1.165, 1.54) is 11.1 Å². The van der Waals surface area contributed by atoms with Crippen molar-refractivity contribution in [3.8, 4) is 0 Å². The van der Waals surface area contributed by atoms with Crippen molar-refractivity contribution in [3.63, 3.8) is 0 Å². The topological polar surface area (TPSA) is 52.7 Å². The molecule has 0 bridgehead atoms. The standard InChI is InChI=1S/C24H31N3O2/c1-18(2)16-27(24(29)25-22-11-7-4-8-19(22)3)15-13-23(28)26-14-12-20-9-5-6-10-21(20)17-26/h4-11,18H,12-17H2,1-3H3,(H,25,29). The summed E-state index contributed by atoms with van der Waals surface area (Å²) in [6.07, 6.45) is 1.24. The van der Waals surface area contributed by atoms with E-state index in [0.717, 1.165) is 24.2 Å². The second-order valence-electron chi connectivity index (χ2n) is 8.17. The summed E-state index contributed by atoms with van der Waals surface area (Å²) in [5.41, 5.74) is 4.39. The van der Waals surface area contributed by atoms with E-state index in [9.17, 15) is 9.59 Å². The van der Waals surface area contributed by atoms with Crippen molar-refractivity contribution in [1.29, 1.82) is 0 Å². The molecular formula is C24H31N3O2. The van der Waals surface area contributed by atoms with Crippen LogP contribution in [0.15, 0.2) is 48.5 Å². The van der Waals surface area contributed by atoms with Crippen molar-refractivity contribution >= 4 is 17.6 Å². The monoisotopic (exact) mass is 393 g/mol. The Morgan fingerprint density at radius 3 is 2.48 bits per heavy atom. The number of fused-ring (bicyclic) bond motifs is 1. The molecule has 0 spiro atoms. The maximum absolute atomic E-state index is 12.8. The minimum atomic E-state index is -0.148. The Morgan fingerprint density at radius 2 is 1.76 bits per heavy atom. The first-order chi connectivity index (χ1) is 13.9. The molecule has 0 atom stereocenters. The van der Waals surface area contributed by atoms with Crippen molar-refractivity contribution in [2.45, 2.75) is 40.2 Å². The number of para-hydroxylation sites is 1. The molecule has 3 rings (SSSR count). The predicted molar refractivity (Wildman–Crippen MR) is 117 cm³/mol. The lowest BCUT2D eigenvalue weighted by Crippen LogP contribution is -2.42. The minimum absolute atomic E-state index is 0.108. The van der Waals surface area contributed by atoms with Gasteiger partial charge in [0.05, 0.1) is 0 Å². The predicted octanol–water partition coefficient (Wildman–Crippen LogP) is 4.46. The summed E-state index contributed by atoms with van der Waals surface area (Å²) in [7, 11) is 0. The average Bonchev–Trinajstić information content (AvgIpc) is 2.71. The van der Waals surface area contributed by atoms with Crippen molar-refractivity contribution in [2.75, 3.05) is 25.0 Å². The zero-order chi connectivity index (χ0) is 20.8. The Morgan fingerprint density at radius 1 is 1.07 bits per heavy atom. The first-order valence-corrected chi connectivity index (χ1v) is 10.4. The molecule has 5 heteroatoms. The van der Waals surface area contributed by atoms with Crippen LogP contribution in [0.4, 0.5) is 10.5 Å². The van der Waals surface area contributed by atoms with Crippen molar-refractivity contribution < 1.29 is 9.59 Å². The number of rotatable bonds is 6. The van der Waals surface area contributed by atoms with Gasteiger partial charge in [-0.05, 0) is 42.0 Å². The molecule has 1 aliphatic rings. The Bertz CT molecular complexity index is 863. The number of nitrogens with one attached hydrogen (secondary N) is 1. The van der Waals surface area contributed by atoms with Gasteiger partial charge in [0.1, 0.15) is 0 Å². The highest BCUT2D eigenvalue weighted by atomic mass is 16.2. The number of hydrogen-bond acceptors (Lipinski definition) is 2. The summed E-state index contributed by atoms with van der Waals surface area (Å²) in [6.45, 7) is 8.58. The molecule has 1 aliphatic heterocycles. The van der Waals surface area contributed by atoms with E-state index in [4.69, 9.17) is 0 Å². The third kappa shape index (κ3) is 5.59. The summed E-state index contributed by atoms with van der Waals surface area (Å²) in [6, 6.07) is 15.9. The minimum Gasteiger partial charge on any atom is -0.338 e. The van der Waals surface area contributed by atoms with Gasteiger partial charge in [-0.15, -0.1) is 0 Å². The molecule has 0 aliphatic carbocycles. The zero-order valence-electron chi connectivity index (χ0n) is 17.6. The molecule has 0 saturated heterocycles. The molecule has 0 unspecified atom stereocenters. The fraction of sp³-hybridized carbons (Fsp3) is 0.417. The molecule has 0 aromatic heterocycles. The van der Waals surface area contributed by atoms with E-state index in [1.54, 1.807) is 4.90 Å².